The average molecular weight is 741 g/mol. The number of allylic oxidation sites excluding steroid dienone is 2. The topological polar surface area (TPSA) is 104 Å². The minimum Gasteiger partial charge on any atom is -0.504 e. The molecule has 6 atom stereocenters. The number of carbonyl (C=O) groups is 4. The smallest absolute Gasteiger partial charge is 0.241 e. The molecule has 0 spiro atoms. The van der Waals surface area contributed by atoms with Crippen molar-refractivity contribution in [1.29, 1.82) is 0 Å². The van der Waals surface area contributed by atoms with Gasteiger partial charge >= 0.3 is 0 Å². The standard InChI is InChI=1S/C34H27ClFIN2O6/c1-34-22(31(42)39(33(34)44)18-8-11-24(36)23(35)14-18)15-21-19(28(34)16-12-25(37)29(40)26(13-16)45-2)9-10-20-27(21)32(43)38(30(20)41)17-6-4-3-5-7-17/h3-9,11-14,20-22,27-28,40H,10,15H2,1-2H3. The van der Waals surface area contributed by atoms with Gasteiger partial charge in [0.2, 0.25) is 23.6 Å². The lowest BCUT2D eigenvalue weighted by Gasteiger charge is -2.49. The van der Waals surface area contributed by atoms with Crippen LogP contribution < -0.4 is 14.5 Å². The summed E-state index contributed by atoms with van der Waals surface area (Å²) in [5.74, 6) is -5.51. The quantitative estimate of drug-likeness (QED) is 0.193. The molecule has 4 aliphatic rings. The molecule has 11 heteroatoms. The molecule has 0 bridgehead atoms. The first-order valence-corrected chi connectivity index (χ1v) is 16.0. The first-order chi connectivity index (χ1) is 21.5. The highest BCUT2D eigenvalue weighted by atomic mass is 127. The van der Waals surface area contributed by atoms with Crippen molar-refractivity contribution in [1.82, 2.24) is 0 Å². The van der Waals surface area contributed by atoms with E-state index in [4.69, 9.17) is 16.3 Å². The normalized spacial score (nSPS) is 29.0. The second-order valence-corrected chi connectivity index (χ2v) is 13.7. The second kappa shape index (κ2) is 10.7. The number of halogens is 3. The lowest BCUT2D eigenvalue weighted by molar-refractivity contribution is -0.131. The maximum atomic E-state index is 14.5. The maximum Gasteiger partial charge on any atom is 0.241 e. The first-order valence-electron chi connectivity index (χ1n) is 14.5. The fourth-order valence-electron chi connectivity index (χ4n) is 8.01. The Hall–Kier alpha value is -3.77. The number of fused-ring (bicyclic) bond motifs is 4. The summed E-state index contributed by atoms with van der Waals surface area (Å²) < 4.78 is 20.1. The third-order valence-corrected chi connectivity index (χ3v) is 11.2. The number of rotatable bonds is 4. The Balaban J connectivity index is 1.40. The highest BCUT2D eigenvalue weighted by Crippen LogP contribution is 2.64. The van der Waals surface area contributed by atoms with Crippen LogP contribution in [-0.4, -0.2) is 35.8 Å². The van der Waals surface area contributed by atoms with Crippen LogP contribution in [-0.2, 0) is 19.2 Å². The number of methoxy groups -OCH3 is 1. The van der Waals surface area contributed by atoms with E-state index in [2.05, 4.69) is 0 Å². The predicted octanol–water partition coefficient (Wildman–Crippen LogP) is 6.23. The lowest BCUT2D eigenvalue weighted by atomic mass is 9.51. The van der Waals surface area contributed by atoms with Crippen molar-refractivity contribution in [3.63, 3.8) is 0 Å². The molecule has 4 amide bonds. The highest BCUT2D eigenvalue weighted by molar-refractivity contribution is 14.1. The molecule has 7 rings (SSSR count). The largest absolute Gasteiger partial charge is 0.504 e. The van der Waals surface area contributed by atoms with E-state index in [9.17, 15) is 28.7 Å². The Kier molecular flexibility index (Phi) is 7.08. The average Bonchev–Trinajstić information content (AvgIpc) is 3.39. The van der Waals surface area contributed by atoms with E-state index in [0.717, 1.165) is 16.5 Å². The molecule has 230 valence electrons. The van der Waals surface area contributed by atoms with E-state index in [1.807, 2.05) is 34.7 Å². The molecular weight excluding hydrogens is 714 g/mol. The van der Waals surface area contributed by atoms with Crippen LogP contribution in [0.3, 0.4) is 0 Å². The van der Waals surface area contributed by atoms with Crippen LogP contribution in [0.1, 0.15) is 31.2 Å². The Labute approximate surface area is 276 Å². The molecule has 45 heavy (non-hydrogen) atoms. The zero-order chi connectivity index (χ0) is 31.9. The van der Waals surface area contributed by atoms with Crippen LogP contribution in [0.5, 0.6) is 11.5 Å². The number of ether oxygens (including phenoxy) is 1. The fraction of sp³-hybridized carbons (Fsp3) is 0.294. The van der Waals surface area contributed by atoms with Crippen molar-refractivity contribution in [3.8, 4) is 11.5 Å². The molecule has 3 aromatic carbocycles. The Morgan fingerprint density at radius 2 is 1.69 bits per heavy atom. The van der Waals surface area contributed by atoms with Crippen molar-refractivity contribution < 1.29 is 33.4 Å². The summed E-state index contributed by atoms with van der Waals surface area (Å²) in [6.45, 7) is 1.75. The Morgan fingerprint density at radius 3 is 2.38 bits per heavy atom. The van der Waals surface area contributed by atoms with Crippen LogP contribution in [0.2, 0.25) is 5.02 Å². The molecular formula is C34H27ClFIN2O6. The predicted molar refractivity (Wildman–Crippen MR) is 172 cm³/mol. The van der Waals surface area contributed by atoms with Crippen molar-refractivity contribution in [2.75, 3.05) is 16.9 Å². The van der Waals surface area contributed by atoms with Gasteiger partial charge < -0.3 is 9.84 Å². The molecule has 2 aliphatic carbocycles. The van der Waals surface area contributed by atoms with Gasteiger partial charge in [-0.15, -0.1) is 0 Å². The minimum absolute atomic E-state index is 0.0555. The minimum atomic E-state index is -1.32. The van der Waals surface area contributed by atoms with E-state index in [1.54, 1.807) is 43.3 Å². The molecule has 2 saturated heterocycles. The molecule has 6 unspecified atom stereocenters. The molecule has 1 N–H and O–H groups in total. The Morgan fingerprint density at radius 1 is 0.956 bits per heavy atom. The number of imide groups is 2. The molecule has 0 radical (unpaired) electrons. The number of phenolic OH excluding ortho intramolecular Hbond substituents is 1. The zero-order valence-corrected chi connectivity index (χ0v) is 27.1. The number of para-hydroxylation sites is 1. The van der Waals surface area contributed by atoms with E-state index < -0.39 is 52.6 Å². The van der Waals surface area contributed by atoms with E-state index in [0.29, 0.717) is 21.2 Å². The summed E-state index contributed by atoms with van der Waals surface area (Å²) in [6.07, 6.45) is 2.43. The summed E-state index contributed by atoms with van der Waals surface area (Å²) >= 11 is 8.06. The molecule has 2 heterocycles. The van der Waals surface area contributed by atoms with Gasteiger partial charge in [0.1, 0.15) is 5.82 Å². The number of phenols is 1. The number of hydrogen-bond acceptors (Lipinski definition) is 6. The number of aromatic hydroxyl groups is 1. The van der Waals surface area contributed by atoms with Crippen LogP contribution in [0.15, 0.2) is 72.3 Å². The van der Waals surface area contributed by atoms with Gasteiger partial charge in [0.05, 0.1) is 50.2 Å². The van der Waals surface area contributed by atoms with Gasteiger partial charge in [-0.2, -0.15) is 0 Å². The zero-order valence-electron chi connectivity index (χ0n) is 24.2. The van der Waals surface area contributed by atoms with Crippen molar-refractivity contribution in [2.24, 2.45) is 29.1 Å². The van der Waals surface area contributed by atoms with Gasteiger partial charge in [0.15, 0.2) is 11.5 Å². The van der Waals surface area contributed by atoms with Gasteiger partial charge in [-0.3, -0.25) is 24.1 Å². The number of nitrogens with zero attached hydrogens (tertiary/aromatic N) is 2. The SMILES string of the molecule is COc1cc(C2C3=CCC4C(=O)N(c5ccccc5)C(=O)C4C3CC3C(=O)N(c4ccc(F)c(Cl)c4)C(=O)C32C)cc(I)c1O. The van der Waals surface area contributed by atoms with Crippen LogP contribution in [0.4, 0.5) is 15.8 Å². The van der Waals surface area contributed by atoms with E-state index in [-0.39, 0.29) is 40.4 Å². The molecule has 1 saturated carbocycles. The number of carbonyl (C=O) groups excluding carboxylic acids is 4. The summed E-state index contributed by atoms with van der Waals surface area (Å²) in [5, 5.41) is 10.4. The third-order valence-electron chi connectivity index (χ3n) is 10.1. The second-order valence-electron chi connectivity index (χ2n) is 12.2. The third kappa shape index (κ3) is 4.21. The summed E-state index contributed by atoms with van der Waals surface area (Å²) in [6, 6.07) is 15.9. The molecule has 3 fully saturated rings. The lowest BCUT2D eigenvalue weighted by Crippen LogP contribution is -2.48. The van der Waals surface area contributed by atoms with Gasteiger partial charge in [-0.05, 0) is 96.3 Å². The number of benzene rings is 3. The van der Waals surface area contributed by atoms with E-state index >= 15 is 0 Å². The van der Waals surface area contributed by atoms with Gasteiger partial charge in [-0.1, -0.05) is 41.4 Å². The summed E-state index contributed by atoms with van der Waals surface area (Å²) in [5.41, 5.74) is 0.761. The summed E-state index contributed by atoms with van der Waals surface area (Å²) in [7, 11) is 1.43. The van der Waals surface area contributed by atoms with Crippen molar-refractivity contribution >= 4 is 69.2 Å². The first kappa shape index (κ1) is 29.9. The van der Waals surface area contributed by atoms with E-state index in [1.165, 1.54) is 24.1 Å². The molecule has 8 nitrogen and oxygen atoms in total. The number of amides is 4. The highest BCUT2D eigenvalue weighted by Gasteiger charge is 2.67. The molecule has 3 aromatic rings. The summed E-state index contributed by atoms with van der Waals surface area (Å²) in [4.78, 5) is 59.0. The van der Waals surface area contributed by atoms with Gasteiger partial charge in [-0.25, -0.2) is 9.29 Å². The molecule has 2 aliphatic heterocycles. The van der Waals surface area contributed by atoms with Crippen molar-refractivity contribution in [2.45, 2.75) is 25.7 Å². The van der Waals surface area contributed by atoms with Crippen LogP contribution in [0, 0.1) is 38.5 Å². The number of anilines is 2. The fourth-order valence-corrected chi connectivity index (χ4v) is 8.81. The maximum absolute atomic E-state index is 14.5. The monoisotopic (exact) mass is 740 g/mol. The Bertz CT molecular complexity index is 1850. The van der Waals surface area contributed by atoms with Crippen LogP contribution in [0.25, 0.3) is 0 Å². The van der Waals surface area contributed by atoms with Crippen LogP contribution >= 0.6 is 34.2 Å². The van der Waals surface area contributed by atoms with Crippen molar-refractivity contribution in [3.05, 3.63) is 92.3 Å². The van der Waals surface area contributed by atoms with Gasteiger partial charge in [0, 0.05) is 5.92 Å². The van der Waals surface area contributed by atoms with Gasteiger partial charge in [0.25, 0.3) is 0 Å². The molecule has 0 aromatic heterocycles. The number of hydrogen-bond donors (Lipinski definition) is 1.